The molecule has 0 N–H and O–H groups in total. The van der Waals surface area contributed by atoms with Crippen LogP contribution in [0, 0.1) is 17.2 Å². The number of halogens is 3. The lowest BCUT2D eigenvalue weighted by Crippen LogP contribution is -2.44. The van der Waals surface area contributed by atoms with Gasteiger partial charge in [0.2, 0.25) is 5.91 Å². The Morgan fingerprint density at radius 1 is 1.17 bits per heavy atom. The molecule has 0 aliphatic carbocycles. The smallest absolute Gasteiger partial charge is 0.381 e. The fourth-order valence-electron chi connectivity index (χ4n) is 3.90. The molecule has 0 spiro atoms. The topological polar surface area (TPSA) is 105 Å². The molecule has 2 aliphatic heterocycles. The number of ether oxygens (including phenoxy) is 1. The van der Waals surface area contributed by atoms with E-state index in [0.717, 1.165) is 17.0 Å². The molecular formula is C19H19F3N2O5S. The summed E-state index contributed by atoms with van der Waals surface area (Å²) in [6.45, 7) is 0.229. The second-order valence-electron chi connectivity index (χ2n) is 7.27. The molecule has 2 saturated heterocycles. The SMILES string of the molecule is N#CC(=O)[C@@H]1C[C@@H](S(=O)(=O)c2ccccc2C(F)(F)F)CN1C(=O)C1CCOCC1. The maximum absolute atomic E-state index is 13.3. The summed E-state index contributed by atoms with van der Waals surface area (Å²) < 4.78 is 71.3. The zero-order valence-corrected chi connectivity index (χ0v) is 16.6. The number of benzene rings is 1. The first kappa shape index (κ1) is 22.2. The van der Waals surface area contributed by atoms with Crippen molar-refractivity contribution in [2.45, 2.75) is 41.6 Å². The van der Waals surface area contributed by atoms with Crippen LogP contribution in [0.4, 0.5) is 13.2 Å². The quantitative estimate of drug-likeness (QED) is 0.658. The van der Waals surface area contributed by atoms with Gasteiger partial charge in [-0.2, -0.15) is 18.4 Å². The van der Waals surface area contributed by atoms with Gasteiger partial charge in [-0.15, -0.1) is 0 Å². The van der Waals surface area contributed by atoms with Crippen molar-refractivity contribution in [3.63, 3.8) is 0 Å². The molecule has 0 aromatic heterocycles. The van der Waals surface area contributed by atoms with Crippen LogP contribution in [0.5, 0.6) is 0 Å². The van der Waals surface area contributed by atoms with Crippen LogP contribution in [0.2, 0.25) is 0 Å². The number of nitriles is 1. The fraction of sp³-hybridized carbons (Fsp3) is 0.526. The van der Waals surface area contributed by atoms with Crippen molar-refractivity contribution >= 4 is 21.5 Å². The average Bonchev–Trinajstić information content (AvgIpc) is 3.19. The van der Waals surface area contributed by atoms with Crippen LogP contribution >= 0.6 is 0 Å². The Morgan fingerprint density at radius 3 is 2.40 bits per heavy atom. The van der Waals surface area contributed by atoms with Crippen LogP contribution < -0.4 is 0 Å². The van der Waals surface area contributed by atoms with Crippen molar-refractivity contribution in [3.05, 3.63) is 29.8 Å². The highest BCUT2D eigenvalue weighted by Gasteiger charge is 2.48. The minimum absolute atomic E-state index is 0.335. The molecule has 11 heteroatoms. The van der Waals surface area contributed by atoms with E-state index in [2.05, 4.69) is 0 Å². The number of hydrogen-bond donors (Lipinski definition) is 0. The molecule has 7 nitrogen and oxygen atoms in total. The lowest BCUT2D eigenvalue weighted by atomic mass is 9.98. The highest BCUT2D eigenvalue weighted by atomic mass is 32.2. The summed E-state index contributed by atoms with van der Waals surface area (Å²) in [5, 5.41) is 7.58. The summed E-state index contributed by atoms with van der Waals surface area (Å²) in [4.78, 5) is 25.1. The van der Waals surface area contributed by atoms with Crippen LogP contribution in [0.15, 0.2) is 29.2 Å². The van der Waals surface area contributed by atoms with E-state index < -0.39 is 68.3 Å². The standard InChI is InChI=1S/C19H19F3N2O5S/c20-19(21,22)14-3-1-2-4-17(14)30(27,28)13-9-15(16(25)10-23)24(11-13)18(26)12-5-7-29-8-6-12/h1-4,12-13,15H,5-9,11H2/t13-,15+/m1/s1. The lowest BCUT2D eigenvalue weighted by Gasteiger charge is -2.29. The monoisotopic (exact) mass is 444 g/mol. The van der Waals surface area contributed by atoms with Gasteiger partial charge in [0.1, 0.15) is 12.1 Å². The second kappa shape index (κ2) is 8.35. The summed E-state index contributed by atoms with van der Waals surface area (Å²) in [5.74, 6) is -1.96. The van der Waals surface area contributed by atoms with E-state index in [1.54, 1.807) is 0 Å². The van der Waals surface area contributed by atoms with Crippen molar-refractivity contribution in [3.8, 4) is 6.07 Å². The van der Waals surface area contributed by atoms with Crippen molar-refractivity contribution in [1.82, 2.24) is 4.90 Å². The second-order valence-corrected chi connectivity index (χ2v) is 9.46. The number of nitrogens with zero attached hydrogens (tertiary/aromatic N) is 2. The number of ketones is 1. The molecule has 0 radical (unpaired) electrons. The predicted octanol–water partition coefficient (Wildman–Crippen LogP) is 1.97. The number of alkyl halides is 3. The molecule has 30 heavy (non-hydrogen) atoms. The van der Waals surface area contributed by atoms with Crippen LogP contribution in [-0.4, -0.2) is 56.1 Å². The summed E-state index contributed by atoms with van der Waals surface area (Å²) >= 11 is 0. The average molecular weight is 444 g/mol. The highest BCUT2D eigenvalue weighted by molar-refractivity contribution is 7.92. The first-order valence-corrected chi connectivity index (χ1v) is 10.8. The van der Waals surface area contributed by atoms with E-state index in [1.165, 1.54) is 12.1 Å². The first-order valence-electron chi connectivity index (χ1n) is 9.29. The Balaban J connectivity index is 1.95. The van der Waals surface area contributed by atoms with Gasteiger partial charge in [0.25, 0.3) is 5.78 Å². The van der Waals surface area contributed by atoms with Crippen molar-refractivity contribution < 1.29 is 35.9 Å². The van der Waals surface area contributed by atoms with Crippen LogP contribution in [0.1, 0.15) is 24.8 Å². The molecule has 162 valence electrons. The van der Waals surface area contributed by atoms with Crippen molar-refractivity contribution in [2.24, 2.45) is 5.92 Å². The van der Waals surface area contributed by atoms with Gasteiger partial charge in [0, 0.05) is 25.7 Å². The Morgan fingerprint density at radius 2 is 1.80 bits per heavy atom. The third kappa shape index (κ3) is 4.20. The van der Waals surface area contributed by atoms with Crippen LogP contribution in [0.25, 0.3) is 0 Å². The van der Waals surface area contributed by atoms with Gasteiger partial charge in [-0.05, 0) is 31.4 Å². The van der Waals surface area contributed by atoms with Crippen LogP contribution in [0.3, 0.4) is 0 Å². The summed E-state index contributed by atoms with van der Waals surface area (Å²) in [5.41, 5.74) is -1.30. The molecule has 2 heterocycles. The molecule has 1 amide bonds. The molecule has 0 bridgehead atoms. The Hall–Kier alpha value is -2.45. The molecule has 0 saturated carbocycles. The van der Waals surface area contributed by atoms with Gasteiger partial charge in [-0.25, -0.2) is 8.42 Å². The van der Waals surface area contributed by atoms with Gasteiger partial charge in [-0.3, -0.25) is 9.59 Å². The molecular weight excluding hydrogens is 425 g/mol. The molecule has 2 fully saturated rings. The highest BCUT2D eigenvalue weighted by Crippen LogP contribution is 2.38. The summed E-state index contributed by atoms with van der Waals surface area (Å²) in [6, 6.07) is 3.91. The zero-order valence-electron chi connectivity index (χ0n) is 15.8. The molecule has 1 aromatic rings. The van der Waals surface area contributed by atoms with E-state index in [-0.39, 0.29) is 0 Å². The minimum atomic E-state index is -4.89. The van der Waals surface area contributed by atoms with E-state index >= 15 is 0 Å². The van der Waals surface area contributed by atoms with Crippen LogP contribution in [-0.2, 0) is 30.3 Å². The molecule has 1 aromatic carbocycles. The van der Waals surface area contributed by atoms with Crippen molar-refractivity contribution in [2.75, 3.05) is 19.8 Å². The summed E-state index contributed by atoms with van der Waals surface area (Å²) in [7, 11) is -4.52. The number of amides is 1. The first-order chi connectivity index (χ1) is 14.1. The Labute approximate surface area is 171 Å². The predicted molar refractivity (Wildman–Crippen MR) is 96.7 cm³/mol. The number of carbonyl (C=O) groups excluding carboxylic acids is 2. The van der Waals surface area contributed by atoms with E-state index in [9.17, 15) is 31.2 Å². The third-order valence-electron chi connectivity index (χ3n) is 5.47. The van der Waals surface area contributed by atoms with E-state index in [0.29, 0.717) is 32.1 Å². The lowest BCUT2D eigenvalue weighted by molar-refractivity contribution is -0.142. The minimum Gasteiger partial charge on any atom is -0.381 e. The Bertz CT molecular complexity index is 981. The maximum Gasteiger partial charge on any atom is 0.417 e. The normalized spacial score (nSPS) is 23.2. The van der Waals surface area contributed by atoms with E-state index in [4.69, 9.17) is 10.00 Å². The van der Waals surface area contributed by atoms with E-state index in [1.807, 2.05) is 0 Å². The van der Waals surface area contributed by atoms with Gasteiger partial charge in [0.05, 0.1) is 15.7 Å². The fourth-order valence-corrected chi connectivity index (χ4v) is 5.81. The third-order valence-corrected chi connectivity index (χ3v) is 7.66. The number of rotatable bonds is 4. The number of sulfone groups is 1. The molecule has 0 unspecified atom stereocenters. The van der Waals surface area contributed by atoms with Crippen molar-refractivity contribution in [1.29, 1.82) is 5.26 Å². The largest absolute Gasteiger partial charge is 0.417 e. The van der Waals surface area contributed by atoms with Gasteiger partial charge in [0.15, 0.2) is 9.84 Å². The Kier molecular flexibility index (Phi) is 6.19. The molecule has 3 rings (SSSR count). The molecule has 2 atom stereocenters. The molecule has 2 aliphatic rings. The number of hydrogen-bond acceptors (Lipinski definition) is 6. The van der Waals surface area contributed by atoms with Gasteiger partial charge < -0.3 is 9.64 Å². The zero-order chi connectivity index (χ0) is 22.1. The maximum atomic E-state index is 13.3. The van der Waals surface area contributed by atoms with Gasteiger partial charge in [-0.1, -0.05) is 12.1 Å². The van der Waals surface area contributed by atoms with Gasteiger partial charge >= 0.3 is 6.18 Å². The summed E-state index contributed by atoms with van der Waals surface area (Å²) in [6.07, 6.45) is -4.54. The number of likely N-dealkylation sites (tertiary alicyclic amines) is 1. The number of carbonyl (C=O) groups is 2. The number of Topliss-reactive ketones (excluding diaryl/α,β-unsaturated/α-hetero) is 1.